The summed E-state index contributed by atoms with van der Waals surface area (Å²) in [5, 5.41) is 10.6. The number of aliphatic hydroxyl groups excluding tert-OH is 1. The molecule has 0 aromatic carbocycles. The van der Waals surface area contributed by atoms with Crippen LogP contribution in [-0.2, 0) is 65.4 Å². The van der Waals surface area contributed by atoms with Gasteiger partial charge in [0.1, 0.15) is 19.3 Å². The van der Waals surface area contributed by atoms with Gasteiger partial charge in [-0.3, -0.25) is 37.3 Å². The number of rotatable bonds is 63. The number of hydrogen-bond acceptors (Lipinski definition) is 15. The van der Waals surface area contributed by atoms with Crippen LogP contribution >= 0.6 is 15.6 Å². The number of phosphoric ester groups is 2. The number of carbonyl (C=O) groups excluding carboxylic acids is 4. The van der Waals surface area contributed by atoms with E-state index in [1.807, 2.05) is 0 Å². The Morgan fingerprint density at radius 2 is 0.565 bits per heavy atom. The highest BCUT2D eigenvalue weighted by molar-refractivity contribution is 7.47. The van der Waals surface area contributed by atoms with Crippen molar-refractivity contribution in [2.45, 2.75) is 337 Å². The molecule has 0 aliphatic heterocycles. The molecule has 0 aliphatic carbocycles. The van der Waals surface area contributed by atoms with Crippen LogP contribution in [0.2, 0.25) is 0 Å². The fourth-order valence-electron chi connectivity index (χ4n) is 9.75. The maximum absolute atomic E-state index is 13.0. The maximum Gasteiger partial charge on any atom is 0.472 e. The monoisotopic (exact) mass is 1250 g/mol. The van der Waals surface area contributed by atoms with Crippen LogP contribution in [-0.4, -0.2) is 96.7 Å². The molecule has 0 bridgehead atoms. The van der Waals surface area contributed by atoms with Crippen molar-refractivity contribution >= 4 is 39.5 Å². The predicted molar refractivity (Wildman–Crippen MR) is 340 cm³/mol. The van der Waals surface area contributed by atoms with Crippen LogP contribution in [0.3, 0.4) is 0 Å². The normalized spacial score (nSPS) is 14.7. The van der Waals surface area contributed by atoms with Crippen LogP contribution in [0.15, 0.2) is 0 Å². The number of carbonyl (C=O) groups is 4. The number of ether oxygens (including phenoxy) is 4. The molecular formula is C66H128O17P2. The highest BCUT2D eigenvalue weighted by Crippen LogP contribution is 2.45. The van der Waals surface area contributed by atoms with Gasteiger partial charge in [-0.05, 0) is 49.4 Å². The number of esters is 4. The van der Waals surface area contributed by atoms with E-state index in [0.717, 1.165) is 120 Å². The number of unbranched alkanes of at least 4 members (excludes halogenated alkanes) is 28. The Kier molecular flexibility index (Phi) is 54.8. The standard InChI is InChI=1S/C66H128O17P2/c1-9-59(8)45-37-29-24-25-31-39-47-64(69)77-53-62(83-66(71)49-41-33-23-17-15-20-28-36-44-58(6)7)55-81-85(74,75)79-51-60(67)50-78-84(72,73)80-54-61(52-76-63(68)46-38-30-21-16-14-19-27-35-43-57(4)5)82-65(70)48-40-32-22-13-11-10-12-18-26-34-42-56(2)3/h56-62,67H,9-55H2,1-8H3,(H,72,73)(H,74,75)/t59?,60-,61-,62-/m1/s1. The molecule has 3 N–H and O–H groups in total. The highest BCUT2D eigenvalue weighted by atomic mass is 31.2. The molecule has 0 spiro atoms. The number of phosphoric acid groups is 2. The molecule has 85 heavy (non-hydrogen) atoms. The summed E-state index contributed by atoms with van der Waals surface area (Å²) in [6.07, 6.45) is 36.3. The molecule has 19 heteroatoms. The summed E-state index contributed by atoms with van der Waals surface area (Å²) in [6.45, 7) is 14.0. The van der Waals surface area contributed by atoms with Crippen molar-refractivity contribution in [3.63, 3.8) is 0 Å². The molecule has 6 atom stereocenters. The predicted octanol–water partition coefficient (Wildman–Crippen LogP) is 18.1. The summed E-state index contributed by atoms with van der Waals surface area (Å²) in [4.78, 5) is 72.3. The maximum atomic E-state index is 13.0. The molecule has 0 aliphatic rings. The Hall–Kier alpha value is -1.94. The van der Waals surface area contributed by atoms with Gasteiger partial charge in [0.15, 0.2) is 12.2 Å². The molecule has 0 aromatic heterocycles. The molecule has 0 saturated heterocycles. The molecule has 0 rings (SSSR count). The van der Waals surface area contributed by atoms with Gasteiger partial charge in [0.2, 0.25) is 0 Å². The fourth-order valence-corrected chi connectivity index (χ4v) is 11.3. The van der Waals surface area contributed by atoms with Gasteiger partial charge < -0.3 is 33.8 Å². The van der Waals surface area contributed by atoms with Crippen molar-refractivity contribution in [1.29, 1.82) is 0 Å². The van der Waals surface area contributed by atoms with E-state index in [2.05, 4.69) is 55.4 Å². The Bertz CT molecular complexity index is 1700. The van der Waals surface area contributed by atoms with E-state index in [1.165, 1.54) is 116 Å². The topological polar surface area (TPSA) is 237 Å². The van der Waals surface area contributed by atoms with E-state index < -0.39 is 97.5 Å². The first-order valence-electron chi connectivity index (χ1n) is 34.2. The lowest BCUT2D eigenvalue weighted by molar-refractivity contribution is -0.161. The largest absolute Gasteiger partial charge is 0.472 e. The van der Waals surface area contributed by atoms with Crippen LogP contribution < -0.4 is 0 Å². The van der Waals surface area contributed by atoms with Gasteiger partial charge in [-0.1, -0.05) is 267 Å². The Morgan fingerprint density at radius 1 is 0.329 bits per heavy atom. The van der Waals surface area contributed by atoms with Crippen LogP contribution in [0.4, 0.5) is 0 Å². The number of aliphatic hydroxyl groups is 1. The lowest BCUT2D eigenvalue weighted by atomic mass is 10.00. The first-order valence-corrected chi connectivity index (χ1v) is 37.2. The summed E-state index contributed by atoms with van der Waals surface area (Å²) in [5.41, 5.74) is 0. The zero-order chi connectivity index (χ0) is 63.2. The van der Waals surface area contributed by atoms with E-state index in [9.17, 15) is 43.2 Å². The third-order valence-electron chi connectivity index (χ3n) is 15.4. The molecule has 0 saturated carbocycles. The summed E-state index contributed by atoms with van der Waals surface area (Å²) in [6, 6.07) is 0. The molecule has 0 amide bonds. The van der Waals surface area contributed by atoms with Crippen LogP contribution in [0.1, 0.15) is 319 Å². The van der Waals surface area contributed by atoms with Crippen LogP contribution in [0, 0.1) is 23.7 Å². The van der Waals surface area contributed by atoms with Gasteiger partial charge in [-0.15, -0.1) is 0 Å². The van der Waals surface area contributed by atoms with Gasteiger partial charge in [0.05, 0.1) is 26.4 Å². The second-order valence-corrected chi connectivity index (χ2v) is 28.4. The fraction of sp³-hybridized carbons (Fsp3) is 0.939. The van der Waals surface area contributed by atoms with Gasteiger partial charge in [-0.2, -0.15) is 0 Å². The van der Waals surface area contributed by atoms with Crippen molar-refractivity contribution in [1.82, 2.24) is 0 Å². The molecule has 0 fully saturated rings. The van der Waals surface area contributed by atoms with Crippen molar-refractivity contribution in [2.75, 3.05) is 39.6 Å². The van der Waals surface area contributed by atoms with E-state index in [4.69, 9.17) is 37.0 Å². The third kappa shape index (κ3) is 59.5. The van der Waals surface area contributed by atoms with Gasteiger partial charge in [0, 0.05) is 25.7 Å². The van der Waals surface area contributed by atoms with Crippen molar-refractivity contribution in [2.24, 2.45) is 23.7 Å². The minimum Gasteiger partial charge on any atom is -0.462 e. The highest BCUT2D eigenvalue weighted by Gasteiger charge is 2.30. The molecular weight excluding hydrogens is 1130 g/mol. The lowest BCUT2D eigenvalue weighted by Gasteiger charge is -2.21. The Labute approximate surface area is 517 Å². The van der Waals surface area contributed by atoms with Crippen LogP contribution in [0.5, 0.6) is 0 Å². The van der Waals surface area contributed by atoms with Crippen molar-refractivity contribution in [3.8, 4) is 0 Å². The molecule has 3 unspecified atom stereocenters. The zero-order valence-electron chi connectivity index (χ0n) is 55.2. The minimum absolute atomic E-state index is 0.103. The smallest absolute Gasteiger partial charge is 0.462 e. The third-order valence-corrected chi connectivity index (χ3v) is 17.3. The van der Waals surface area contributed by atoms with Crippen LogP contribution in [0.25, 0.3) is 0 Å². The molecule has 17 nitrogen and oxygen atoms in total. The Morgan fingerprint density at radius 3 is 0.835 bits per heavy atom. The van der Waals surface area contributed by atoms with Crippen molar-refractivity contribution in [3.05, 3.63) is 0 Å². The van der Waals surface area contributed by atoms with E-state index in [-0.39, 0.29) is 25.7 Å². The molecule has 0 aromatic rings. The lowest BCUT2D eigenvalue weighted by Crippen LogP contribution is -2.30. The van der Waals surface area contributed by atoms with Gasteiger partial charge >= 0.3 is 39.5 Å². The minimum atomic E-state index is -4.95. The summed E-state index contributed by atoms with van der Waals surface area (Å²) in [7, 11) is -9.89. The first kappa shape index (κ1) is 83.1. The Balaban J connectivity index is 5.27. The van der Waals surface area contributed by atoms with E-state index in [1.54, 1.807) is 0 Å². The average Bonchev–Trinajstić information content (AvgIpc) is 3.57. The summed E-state index contributed by atoms with van der Waals surface area (Å²) < 4.78 is 68.1. The zero-order valence-corrected chi connectivity index (χ0v) is 57.0. The SMILES string of the molecule is CCC(C)CCCCCCCCC(=O)OC[C@H](COP(=O)(O)OC[C@H](O)COP(=O)(O)OC[C@@H](COC(=O)CCCCCCCCCCC(C)C)OC(=O)CCCCCCCCCCCCC(C)C)OC(=O)CCCCCCCCCCC(C)C. The molecule has 0 radical (unpaired) electrons. The first-order chi connectivity index (χ1) is 40.6. The van der Waals surface area contributed by atoms with Crippen molar-refractivity contribution < 1.29 is 80.2 Å². The molecule has 504 valence electrons. The second kappa shape index (κ2) is 56.1. The second-order valence-electron chi connectivity index (χ2n) is 25.5. The van der Waals surface area contributed by atoms with E-state index in [0.29, 0.717) is 25.7 Å². The quantitative estimate of drug-likeness (QED) is 0.0222. The van der Waals surface area contributed by atoms with E-state index >= 15 is 0 Å². The van der Waals surface area contributed by atoms with Gasteiger partial charge in [-0.25, -0.2) is 9.13 Å². The average molecular weight is 1260 g/mol. The summed E-state index contributed by atoms with van der Waals surface area (Å²) in [5.74, 6) is 0.790. The molecule has 0 heterocycles. The van der Waals surface area contributed by atoms with Gasteiger partial charge in [0.25, 0.3) is 0 Å². The summed E-state index contributed by atoms with van der Waals surface area (Å²) >= 11 is 0. The number of hydrogen-bond donors (Lipinski definition) is 3.